The van der Waals surface area contributed by atoms with E-state index in [0.717, 1.165) is 5.69 Å². The zero-order chi connectivity index (χ0) is 14.5. The summed E-state index contributed by atoms with van der Waals surface area (Å²) in [4.78, 5) is 12.1. The van der Waals surface area contributed by atoms with Crippen molar-refractivity contribution in [2.24, 2.45) is 0 Å². The second-order valence-corrected chi connectivity index (χ2v) is 4.54. The fourth-order valence-electron chi connectivity index (χ4n) is 1.97. The number of rotatable bonds is 4. The Morgan fingerprint density at radius 3 is 2.35 bits per heavy atom. The Hall–Kier alpha value is -2.36. The van der Waals surface area contributed by atoms with Crippen molar-refractivity contribution >= 4 is 11.6 Å². The van der Waals surface area contributed by atoms with Gasteiger partial charge in [0.25, 0.3) is 5.91 Å². The monoisotopic (exact) mass is 272 g/mol. The molecule has 0 fully saturated rings. The normalized spacial score (nSPS) is 11.8. The minimum atomic E-state index is -0.382. The van der Waals surface area contributed by atoms with Crippen molar-refractivity contribution < 1.29 is 9.18 Å². The molecule has 104 valence electrons. The SMILES string of the molecule is CNc1ccc(C(=O)NC(C)c2ccccc2F)cc1. The number of hydrogen-bond acceptors (Lipinski definition) is 2. The van der Waals surface area contributed by atoms with Crippen molar-refractivity contribution in [3.63, 3.8) is 0 Å². The fourth-order valence-corrected chi connectivity index (χ4v) is 1.97. The molecule has 0 aliphatic heterocycles. The van der Waals surface area contributed by atoms with E-state index in [2.05, 4.69) is 10.6 Å². The molecular formula is C16H17FN2O. The molecule has 0 aromatic heterocycles. The van der Waals surface area contributed by atoms with Crippen LogP contribution in [0.4, 0.5) is 10.1 Å². The first kappa shape index (κ1) is 14.1. The third-order valence-corrected chi connectivity index (χ3v) is 3.16. The van der Waals surface area contributed by atoms with Gasteiger partial charge < -0.3 is 10.6 Å². The summed E-state index contributed by atoms with van der Waals surface area (Å²) in [6.45, 7) is 1.76. The number of carbonyl (C=O) groups excluding carboxylic acids is 1. The van der Waals surface area contributed by atoms with Crippen molar-refractivity contribution in [1.82, 2.24) is 5.32 Å². The highest BCUT2D eigenvalue weighted by Gasteiger charge is 2.14. The van der Waals surface area contributed by atoms with Crippen LogP contribution in [0.1, 0.15) is 28.9 Å². The molecule has 3 nitrogen and oxygen atoms in total. The van der Waals surface area contributed by atoms with Gasteiger partial charge in [-0.2, -0.15) is 0 Å². The molecule has 4 heteroatoms. The molecule has 0 saturated carbocycles. The van der Waals surface area contributed by atoms with E-state index in [-0.39, 0.29) is 17.8 Å². The van der Waals surface area contributed by atoms with Gasteiger partial charge in [-0.05, 0) is 37.3 Å². The highest BCUT2D eigenvalue weighted by Crippen LogP contribution is 2.17. The lowest BCUT2D eigenvalue weighted by molar-refractivity contribution is 0.0939. The summed E-state index contributed by atoms with van der Waals surface area (Å²) in [5.41, 5.74) is 1.96. The summed E-state index contributed by atoms with van der Waals surface area (Å²) in [7, 11) is 1.81. The molecule has 2 rings (SSSR count). The predicted octanol–water partition coefficient (Wildman–Crippen LogP) is 3.36. The smallest absolute Gasteiger partial charge is 0.251 e. The van der Waals surface area contributed by atoms with E-state index in [1.54, 1.807) is 37.3 Å². The summed E-state index contributed by atoms with van der Waals surface area (Å²) in [6, 6.07) is 13.2. The number of nitrogens with one attached hydrogen (secondary N) is 2. The second kappa shape index (κ2) is 6.19. The third-order valence-electron chi connectivity index (χ3n) is 3.16. The number of benzene rings is 2. The van der Waals surface area contributed by atoms with Crippen molar-refractivity contribution in [1.29, 1.82) is 0 Å². The summed E-state index contributed by atoms with van der Waals surface area (Å²) in [5, 5.41) is 5.78. The van der Waals surface area contributed by atoms with E-state index >= 15 is 0 Å². The number of amides is 1. The number of anilines is 1. The van der Waals surface area contributed by atoms with E-state index < -0.39 is 0 Å². The quantitative estimate of drug-likeness (QED) is 0.896. The molecule has 1 unspecified atom stereocenters. The lowest BCUT2D eigenvalue weighted by Crippen LogP contribution is -2.27. The highest BCUT2D eigenvalue weighted by atomic mass is 19.1. The molecule has 0 bridgehead atoms. The Kier molecular flexibility index (Phi) is 4.35. The summed E-state index contributed by atoms with van der Waals surface area (Å²) < 4.78 is 13.6. The largest absolute Gasteiger partial charge is 0.388 e. The van der Waals surface area contributed by atoms with Gasteiger partial charge in [0.2, 0.25) is 0 Å². The van der Waals surface area contributed by atoms with Crippen molar-refractivity contribution in [2.45, 2.75) is 13.0 Å². The first-order valence-corrected chi connectivity index (χ1v) is 6.45. The maximum atomic E-state index is 13.6. The van der Waals surface area contributed by atoms with Crippen LogP contribution < -0.4 is 10.6 Å². The molecule has 1 atom stereocenters. The number of halogens is 1. The van der Waals surface area contributed by atoms with Gasteiger partial charge in [0.15, 0.2) is 0 Å². The Morgan fingerprint density at radius 2 is 1.75 bits per heavy atom. The average Bonchev–Trinajstić information content (AvgIpc) is 2.47. The van der Waals surface area contributed by atoms with Gasteiger partial charge in [-0.1, -0.05) is 18.2 Å². The number of hydrogen-bond donors (Lipinski definition) is 2. The van der Waals surface area contributed by atoms with E-state index in [4.69, 9.17) is 0 Å². The van der Waals surface area contributed by atoms with Crippen LogP contribution in [0.3, 0.4) is 0 Å². The Bertz CT molecular complexity index is 596. The molecule has 2 aromatic carbocycles. The van der Waals surface area contributed by atoms with Crippen LogP contribution >= 0.6 is 0 Å². The van der Waals surface area contributed by atoms with Crippen LogP contribution in [-0.2, 0) is 0 Å². The van der Waals surface area contributed by atoms with Gasteiger partial charge in [0.1, 0.15) is 5.82 Å². The second-order valence-electron chi connectivity index (χ2n) is 4.54. The number of carbonyl (C=O) groups is 1. The minimum absolute atomic E-state index is 0.219. The zero-order valence-electron chi connectivity index (χ0n) is 11.5. The van der Waals surface area contributed by atoms with Crippen LogP contribution in [0.2, 0.25) is 0 Å². The van der Waals surface area contributed by atoms with E-state index in [0.29, 0.717) is 11.1 Å². The standard InChI is InChI=1S/C16H17FN2O/c1-11(14-5-3-4-6-15(14)17)19-16(20)12-7-9-13(18-2)10-8-12/h3-11,18H,1-2H3,(H,19,20). The topological polar surface area (TPSA) is 41.1 Å². The molecule has 0 heterocycles. The fraction of sp³-hybridized carbons (Fsp3) is 0.188. The molecule has 0 spiro atoms. The summed E-state index contributed by atoms with van der Waals surface area (Å²) in [5.74, 6) is -0.533. The van der Waals surface area contributed by atoms with Crippen LogP contribution in [-0.4, -0.2) is 13.0 Å². The molecule has 0 aliphatic carbocycles. The van der Waals surface area contributed by atoms with Gasteiger partial charge in [0.05, 0.1) is 6.04 Å². The van der Waals surface area contributed by atoms with E-state index in [9.17, 15) is 9.18 Å². The van der Waals surface area contributed by atoms with E-state index in [1.807, 2.05) is 19.2 Å². The maximum Gasteiger partial charge on any atom is 0.251 e. The molecule has 2 N–H and O–H groups in total. The molecule has 20 heavy (non-hydrogen) atoms. The van der Waals surface area contributed by atoms with Crippen LogP contribution in [0.5, 0.6) is 0 Å². The van der Waals surface area contributed by atoms with Gasteiger partial charge in [-0.3, -0.25) is 4.79 Å². The lowest BCUT2D eigenvalue weighted by Gasteiger charge is -2.15. The van der Waals surface area contributed by atoms with Crippen molar-refractivity contribution in [3.8, 4) is 0 Å². The zero-order valence-corrected chi connectivity index (χ0v) is 11.5. The highest BCUT2D eigenvalue weighted by molar-refractivity contribution is 5.94. The molecular weight excluding hydrogens is 255 g/mol. The third kappa shape index (κ3) is 3.15. The molecule has 1 amide bonds. The minimum Gasteiger partial charge on any atom is -0.388 e. The Balaban J connectivity index is 2.09. The lowest BCUT2D eigenvalue weighted by atomic mass is 10.1. The maximum absolute atomic E-state index is 13.6. The van der Waals surface area contributed by atoms with Gasteiger partial charge in [-0.15, -0.1) is 0 Å². The van der Waals surface area contributed by atoms with Crippen LogP contribution in [0.15, 0.2) is 48.5 Å². The van der Waals surface area contributed by atoms with Crippen molar-refractivity contribution in [3.05, 3.63) is 65.5 Å². The average molecular weight is 272 g/mol. The molecule has 0 radical (unpaired) electrons. The predicted molar refractivity (Wildman–Crippen MR) is 78.3 cm³/mol. The van der Waals surface area contributed by atoms with Crippen LogP contribution in [0.25, 0.3) is 0 Å². The molecule has 2 aromatic rings. The van der Waals surface area contributed by atoms with Crippen LogP contribution in [0, 0.1) is 5.82 Å². The van der Waals surface area contributed by atoms with Gasteiger partial charge >= 0.3 is 0 Å². The molecule has 0 aliphatic rings. The first-order chi connectivity index (χ1) is 9.61. The Morgan fingerprint density at radius 1 is 1.10 bits per heavy atom. The van der Waals surface area contributed by atoms with Gasteiger partial charge in [-0.25, -0.2) is 4.39 Å². The summed E-state index contributed by atoms with van der Waals surface area (Å²) >= 11 is 0. The van der Waals surface area contributed by atoms with Crippen molar-refractivity contribution in [2.75, 3.05) is 12.4 Å². The van der Waals surface area contributed by atoms with Gasteiger partial charge in [0, 0.05) is 23.9 Å². The first-order valence-electron chi connectivity index (χ1n) is 6.45. The Labute approximate surface area is 117 Å². The van der Waals surface area contributed by atoms with E-state index in [1.165, 1.54) is 6.07 Å². The molecule has 0 saturated heterocycles. The summed E-state index contributed by atoms with van der Waals surface area (Å²) in [6.07, 6.45) is 0.